The molecule has 0 radical (unpaired) electrons. The summed E-state index contributed by atoms with van der Waals surface area (Å²) in [4.78, 5) is 5.37. The quantitative estimate of drug-likeness (QED) is 0.920. The predicted octanol–water partition coefficient (Wildman–Crippen LogP) is 3.25. The number of rotatable bonds is 5. The van der Waals surface area contributed by atoms with Crippen molar-refractivity contribution in [3.63, 3.8) is 0 Å². The molecule has 114 valence electrons. The van der Waals surface area contributed by atoms with Gasteiger partial charge in [0.25, 0.3) is 0 Å². The zero-order valence-corrected chi connectivity index (χ0v) is 11.9. The van der Waals surface area contributed by atoms with E-state index in [9.17, 15) is 8.78 Å². The number of oxime groups is 1. The number of hydrogen-bond acceptors (Lipinski definition) is 3. The van der Waals surface area contributed by atoms with Crippen LogP contribution in [0.15, 0.2) is 53.7 Å². The lowest BCUT2D eigenvalue weighted by atomic mass is 10.1. The minimum absolute atomic E-state index is 0.0615. The minimum Gasteiger partial charge on any atom is -0.390 e. The molecular weight excluding hydrogens is 286 g/mol. The van der Waals surface area contributed by atoms with Crippen molar-refractivity contribution >= 4 is 5.71 Å². The van der Waals surface area contributed by atoms with Gasteiger partial charge in [0.1, 0.15) is 17.7 Å². The Morgan fingerprint density at radius 3 is 2.68 bits per heavy atom. The van der Waals surface area contributed by atoms with Crippen LogP contribution in [0, 0.1) is 11.6 Å². The van der Waals surface area contributed by atoms with Crippen molar-refractivity contribution in [2.45, 2.75) is 19.1 Å². The van der Waals surface area contributed by atoms with Crippen LogP contribution in [-0.2, 0) is 11.4 Å². The topological polar surface area (TPSA) is 33.6 Å². The Balaban J connectivity index is 1.47. The van der Waals surface area contributed by atoms with Crippen LogP contribution in [0.4, 0.5) is 8.78 Å². The van der Waals surface area contributed by atoms with E-state index in [0.29, 0.717) is 19.5 Å². The van der Waals surface area contributed by atoms with E-state index in [0.717, 1.165) is 16.8 Å². The first-order valence-corrected chi connectivity index (χ1v) is 7.14. The van der Waals surface area contributed by atoms with E-state index in [2.05, 4.69) is 10.5 Å². The van der Waals surface area contributed by atoms with E-state index < -0.39 is 0 Å². The Bertz CT molecular complexity index is 671. The molecule has 2 aromatic carbocycles. The molecule has 2 aromatic rings. The number of hydrogen-bond donors (Lipinski definition) is 1. The van der Waals surface area contributed by atoms with Gasteiger partial charge >= 0.3 is 0 Å². The summed E-state index contributed by atoms with van der Waals surface area (Å²) in [5, 5.41) is 7.28. The summed E-state index contributed by atoms with van der Waals surface area (Å²) >= 11 is 0. The molecule has 0 bridgehead atoms. The molecule has 0 saturated heterocycles. The lowest BCUT2D eigenvalue weighted by Gasteiger charge is -2.09. The molecule has 3 nitrogen and oxygen atoms in total. The molecule has 0 aliphatic carbocycles. The third-order valence-electron chi connectivity index (χ3n) is 3.50. The van der Waals surface area contributed by atoms with Gasteiger partial charge in [0.15, 0.2) is 0 Å². The SMILES string of the molecule is Fc1ccc(C2=NO[C@@H](CNCc3cccc(F)c3)C2)cc1. The fourth-order valence-corrected chi connectivity index (χ4v) is 2.38. The van der Waals surface area contributed by atoms with E-state index in [-0.39, 0.29) is 17.7 Å². The van der Waals surface area contributed by atoms with Gasteiger partial charge < -0.3 is 10.2 Å². The average molecular weight is 302 g/mol. The summed E-state index contributed by atoms with van der Waals surface area (Å²) in [5.41, 5.74) is 2.57. The molecule has 0 fully saturated rings. The summed E-state index contributed by atoms with van der Waals surface area (Å²) in [6.07, 6.45) is 0.607. The fourth-order valence-electron chi connectivity index (χ4n) is 2.38. The monoisotopic (exact) mass is 302 g/mol. The molecule has 0 aromatic heterocycles. The highest BCUT2D eigenvalue weighted by Crippen LogP contribution is 2.16. The van der Waals surface area contributed by atoms with E-state index in [1.807, 2.05) is 6.07 Å². The van der Waals surface area contributed by atoms with E-state index in [1.54, 1.807) is 18.2 Å². The highest BCUT2D eigenvalue weighted by molar-refractivity contribution is 6.01. The molecule has 0 amide bonds. The largest absolute Gasteiger partial charge is 0.390 e. The normalized spacial score (nSPS) is 17.2. The van der Waals surface area contributed by atoms with Gasteiger partial charge in [0, 0.05) is 19.5 Å². The number of halogens is 2. The molecule has 1 aliphatic rings. The van der Waals surface area contributed by atoms with Crippen molar-refractivity contribution in [3.05, 3.63) is 71.3 Å². The summed E-state index contributed by atoms with van der Waals surface area (Å²) in [7, 11) is 0. The fraction of sp³-hybridized carbons (Fsp3) is 0.235. The minimum atomic E-state index is -0.267. The average Bonchev–Trinajstić information content (AvgIpc) is 2.97. The first-order chi connectivity index (χ1) is 10.7. The maximum atomic E-state index is 13.1. The van der Waals surface area contributed by atoms with Crippen molar-refractivity contribution in [1.82, 2.24) is 5.32 Å². The first kappa shape index (κ1) is 14.7. The standard InChI is InChI=1S/C17H16F2N2O/c18-14-6-4-13(5-7-14)17-9-16(22-21-17)11-20-10-12-2-1-3-15(19)8-12/h1-8,16,20H,9-11H2/t16-/m1/s1. The van der Waals surface area contributed by atoms with Crippen LogP contribution in [-0.4, -0.2) is 18.4 Å². The van der Waals surface area contributed by atoms with Crippen LogP contribution in [0.2, 0.25) is 0 Å². The maximum absolute atomic E-state index is 13.1. The number of nitrogens with zero attached hydrogens (tertiary/aromatic N) is 1. The van der Waals surface area contributed by atoms with E-state index in [1.165, 1.54) is 24.3 Å². The molecule has 1 N–H and O–H groups in total. The van der Waals surface area contributed by atoms with Crippen molar-refractivity contribution in [2.24, 2.45) is 5.16 Å². The summed E-state index contributed by atoms with van der Waals surface area (Å²) in [6, 6.07) is 12.7. The van der Waals surface area contributed by atoms with Crippen molar-refractivity contribution in [3.8, 4) is 0 Å². The van der Waals surface area contributed by atoms with Gasteiger partial charge in [-0.3, -0.25) is 0 Å². The highest BCUT2D eigenvalue weighted by Gasteiger charge is 2.21. The van der Waals surface area contributed by atoms with Crippen LogP contribution in [0.1, 0.15) is 17.5 Å². The molecule has 1 heterocycles. The third-order valence-corrected chi connectivity index (χ3v) is 3.50. The van der Waals surface area contributed by atoms with E-state index in [4.69, 9.17) is 4.84 Å². The Kier molecular flexibility index (Phi) is 4.44. The van der Waals surface area contributed by atoms with Gasteiger partial charge in [-0.25, -0.2) is 8.78 Å². The maximum Gasteiger partial charge on any atom is 0.145 e. The lowest BCUT2D eigenvalue weighted by Crippen LogP contribution is -2.26. The zero-order valence-electron chi connectivity index (χ0n) is 11.9. The molecule has 1 atom stereocenters. The Labute approximate surface area is 127 Å². The van der Waals surface area contributed by atoms with Gasteiger partial charge in [-0.2, -0.15) is 0 Å². The molecule has 5 heteroatoms. The molecule has 0 saturated carbocycles. The second-order valence-corrected chi connectivity index (χ2v) is 5.24. The van der Waals surface area contributed by atoms with Crippen molar-refractivity contribution < 1.29 is 13.6 Å². The zero-order chi connectivity index (χ0) is 15.4. The number of benzene rings is 2. The van der Waals surface area contributed by atoms with Crippen LogP contribution in [0.3, 0.4) is 0 Å². The lowest BCUT2D eigenvalue weighted by molar-refractivity contribution is 0.0848. The Morgan fingerprint density at radius 1 is 1.09 bits per heavy atom. The first-order valence-electron chi connectivity index (χ1n) is 7.14. The number of nitrogens with one attached hydrogen (secondary N) is 1. The van der Waals surface area contributed by atoms with Crippen molar-refractivity contribution in [2.75, 3.05) is 6.54 Å². The second-order valence-electron chi connectivity index (χ2n) is 5.24. The summed E-state index contributed by atoms with van der Waals surface area (Å²) in [5.74, 6) is -0.505. The van der Waals surface area contributed by atoms with Gasteiger partial charge in [-0.1, -0.05) is 29.4 Å². The van der Waals surface area contributed by atoms with Gasteiger partial charge in [0.2, 0.25) is 0 Å². The van der Waals surface area contributed by atoms with Crippen molar-refractivity contribution in [1.29, 1.82) is 0 Å². The summed E-state index contributed by atoms with van der Waals surface area (Å²) < 4.78 is 26.0. The second kappa shape index (κ2) is 6.66. The molecule has 0 unspecified atom stereocenters. The summed E-state index contributed by atoms with van der Waals surface area (Å²) in [6.45, 7) is 1.19. The van der Waals surface area contributed by atoms with E-state index >= 15 is 0 Å². The highest BCUT2D eigenvalue weighted by atomic mass is 19.1. The Hall–Kier alpha value is -2.27. The Morgan fingerprint density at radius 2 is 1.91 bits per heavy atom. The third kappa shape index (κ3) is 3.68. The molecule has 0 spiro atoms. The van der Waals surface area contributed by atoms with Gasteiger partial charge in [-0.05, 0) is 35.4 Å². The van der Waals surface area contributed by atoms with Crippen LogP contribution < -0.4 is 5.32 Å². The van der Waals surface area contributed by atoms with Crippen LogP contribution in [0.5, 0.6) is 0 Å². The van der Waals surface area contributed by atoms with Gasteiger partial charge in [-0.15, -0.1) is 0 Å². The molecule has 22 heavy (non-hydrogen) atoms. The molecule has 1 aliphatic heterocycles. The molecular formula is C17H16F2N2O. The van der Waals surface area contributed by atoms with Gasteiger partial charge in [0.05, 0.1) is 5.71 Å². The van der Waals surface area contributed by atoms with Crippen LogP contribution in [0.25, 0.3) is 0 Å². The smallest absolute Gasteiger partial charge is 0.145 e. The predicted molar refractivity (Wildman–Crippen MR) is 80.5 cm³/mol. The van der Waals surface area contributed by atoms with Crippen LogP contribution >= 0.6 is 0 Å². The molecule has 3 rings (SSSR count).